The zero-order valence-electron chi connectivity index (χ0n) is 11.6. The van der Waals surface area contributed by atoms with Crippen molar-refractivity contribution in [1.29, 1.82) is 0 Å². The van der Waals surface area contributed by atoms with Crippen molar-refractivity contribution in [2.75, 3.05) is 7.11 Å². The lowest BCUT2D eigenvalue weighted by molar-refractivity contribution is 0.0601. The largest absolute Gasteiger partial charge is 0.465 e. The minimum absolute atomic E-state index is 0.195. The molecule has 110 valence electrons. The van der Waals surface area contributed by atoms with Gasteiger partial charge in [-0.05, 0) is 36.4 Å². The standard InChI is InChI=1S/C16H11FN2O3/c1-21-16(20)13-5-3-2-4-12(13)15-18-14(19-22-15)10-6-8-11(17)9-7-10/h2-9H,1H3. The number of benzene rings is 2. The van der Waals surface area contributed by atoms with Crippen LogP contribution in [0.2, 0.25) is 0 Å². The SMILES string of the molecule is COC(=O)c1ccccc1-c1nc(-c2ccc(F)cc2)no1. The van der Waals surface area contributed by atoms with E-state index >= 15 is 0 Å². The summed E-state index contributed by atoms with van der Waals surface area (Å²) in [5.74, 6) is -0.323. The summed E-state index contributed by atoms with van der Waals surface area (Å²) in [5, 5.41) is 3.86. The second-order valence-electron chi connectivity index (χ2n) is 4.47. The first-order valence-electron chi connectivity index (χ1n) is 6.46. The first kappa shape index (κ1) is 13.9. The maximum atomic E-state index is 12.9. The van der Waals surface area contributed by atoms with Gasteiger partial charge in [-0.1, -0.05) is 17.3 Å². The minimum Gasteiger partial charge on any atom is -0.465 e. The van der Waals surface area contributed by atoms with Crippen LogP contribution in [0.5, 0.6) is 0 Å². The molecule has 5 nitrogen and oxygen atoms in total. The summed E-state index contributed by atoms with van der Waals surface area (Å²) in [6, 6.07) is 12.5. The number of methoxy groups -OCH3 is 1. The first-order valence-corrected chi connectivity index (χ1v) is 6.46. The predicted molar refractivity (Wildman–Crippen MR) is 76.5 cm³/mol. The molecule has 0 saturated heterocycles. The van der Waals surface area contributed by atoms with Gasteiger partial charge in [-0.25, -0.2) is 9.18 Å². The number of esters is 1. The van der Waals surface area contributed by atoms with Crippen molar-refractivity contribution in [3.05, 3.63) is 59.9 Å². The second kappa shape index (κ2) is 5.77. The topological polar surface area (TPSA) is 65.2 Å². The van der Waals surface area contributed by atoms with Gasteiger partial charge in [-0.2, -0.15) is 4.98 Å². The summed E-state index contributed by atoms with van der Waals surface area (Å²) in [7, 11) is 1.30. The monoisotopic (exact) mass is 298 g/mol. The summed E-state index contributed by atoms with van der Waals surface area (Å²) in [6.45, 7) is 0. The lowest BCUT2D eigenvalue weighted by Crippen LogP contribution is -2.03. The smallest absolute Gasteiger partial charge is 0.338 e. The molecular formula is C16H11FN2O3. The highest BCUT2D eigenvalue weighted by Crippen LogP contribution is 2.25. The number of hydrogen-bond donors (Lipinski definition) is 0. The quantitative estimate of drug-likeness (QED) is 0.694. The van der Waals surface area contributed by atoms with Crippen LogP contribution in [0.25, 0.3) is 22.8 Å². The van der Waals surface area contributed by atoms with E-state index < -0.39 is 5.97 Å². The second-order valence-corrected chi connectivity index (χ2v) is 4.47. The summed E-state index contributed by atoms with van der Waals surface area (Å²) in [4.78, 5) is 16.0. The molecule has 0 fully saturated rings. The van der Waals surface area contributed by atoms with Crippen LogP contribution in [-0.4, -0.2) is 23.2 Å². The molecule has 1 heterocycles. The van der Waals surface area contributed by atoms with Crippen LogP contribution >= 0.6 is 0 Å². The Labute approximate surface area is 125 Å². The summed E-state index contributed by atoms with van der Waals surface area (Å²) in [6.07, 6.45) is 0. The highest BCUT2D eigenvalue weighted by Gasteiger charge is 2.18. The zero-order chi connectivity index (χ0) is 15.5. The molecule has 0 N–H and O–H groups in total. The van der Waals surface area contributed by atoms with Crippen molar-refractivity contribution in [2.45, 2.75) is 0 Å². The number of halogens is 1. The van der Waals surface area contributed by atoms with Crippen LogP contribution in [0.4, 0.5) is 4.39 Å². The average molecular weight is 298 g/mol. The van der Waals surface area contributed by atoms with Crippen molar-refractivity contribution >= 4 is 5.97 Å². The fraction of sp³-hybridized carbons (Fsp3) is 0.0625. The van der Waals surface area contributed by atoms with Crippen molar-refractivity contribution < 1.29 is 18.4 Å². The van der Waals surface area contributed by atoms with Crippen molar-refractivity contribution in [3.63, 3.8) is 0 Å². The zero-order valence-corrected chi connectivity index (χ0v) is 11.6. The third kappa shape index (κ3) is 2.58. The molecule has 3 aromatic rings. The minimum atomic E-state index is -0.489. The van der Waals surface area contributed by atoms with Crippen LogP contribution in [0.1, 0.15) is 10.4 Å². The van der Waals surface area contributed by atoms with E-state index in [4.69, 9.17) is 9.26 Å². The van der Waals surface area contributed by atoms with E-state index in [1.807, 2.05) is 0 Å². The van der Waals surface area contributed by atoms with Gasteiger partial charge < -0.3 is 9.26 Å². The lowest BCUT2D eigenvalue weighted by Gasteiger charge is -2.02. The Balaban J connectivity index is 2.01. The number of ether oxygens (including phenoxy) is 1. The molecule has 0 aliphatic carbocycles. The van der Waals surface area contributed by atoms with E-state index in [9.17, 15) is 9.18 Å². The number of carbonyl (C=O) groups is 1. The first-order chi connectivity index (χ1) is 10.7. The van der Waals surface area contributed by atoms with Crippen LogP contribution in [0.15, 0.2) is 53.1 Å². The van der Waals surface area contributed by atoms with Gasteiger partial charge in [-0.3, -0.25) is 0 Å². The highest BCUT2D eigenvalue weighted by atomic mass is 19.1. The van der Waals surface area contributed by atoms with E-state index in [2.05, 4.69) is 10.1 Å². The molecule has 1 aromatic heterocycles. The number of rotatable bonds is 3. The summed E-state index contributed by atoms with van der Waals surface area (Å²) < 4.78 is 22.9. The van der Waals surface area contributed by atoms with Gasteiger partial charge in [-0.15, -0.1) is 0 Å². The van der Waals surface area contributed by atoms with Crippen LogP contribution < -0.4 is 0 Å². The molecule has 0 bridgehead atoms. The lowest BCUT2D eigenvalue weighted by atomic mass is 10.1. The molecule has 6 heteroatoms. The van der Waals surface area contributed by atoms with Crippen molar-refractivity contribution in [2.24, 2.45) is 0 Å². The van der Waals surface area contributed by atoms with Crippen LogP contribution in [0.3, 0.4) is 0 Å². The normalized spacial score (nSPS) is 10.5. The van der Waals surface area contributed by atoms with E-state index in [-0.39, 0.29) is 11.7 Å². The van der Waals surface area contributed by atoms with Gasteiger partial charge >= 0.3 is 5.97 Å². The molecule has 0 aliphatic heterocycles. The highest BCUT2D eigenvalue weighted by molar-refractivity contribution is 5.96. The van der Waals surface area contributed by atoms with Crippen molar-refractivity contribution in [3.8, 4) is 22.8 Å². The van der Waals surface area contributed by atoms with Gasteiger partial charge in [0.05, 0.1) is 18.2 Å². The Hall–Kier alpha value is -3.02. The molecule has 0 atom stereocenters. The third-order valence-corrected chi connectivity index (χ3v) is 3.09. The number of nitrogens with zero attached hydrogens (tertiary/aromatic N) is 2. The summed E-state index contributed by atoms with van der Waals surface area (Å²) >= 11 is 0. The van der Waals surface area contributed by atoms with Gasteiger partial charge in [0.2, 0.25) is 5.82 Å². The van der Waals surface area contributed by atoms with Crippen molar-refractivity contribution in [1.82, 2.24) is 10.1 Å². The van der Waals surface area contributed by atoms with Crippen LogP contribution in [-0.2, 0) is 4.74 Å². The van der Waals surface area contributed by atoms with Gasteiger partial charge in [0.25, 0.3) is 5.89 Å². The van der Waals surface area contributed by atoms with E-state index in [0.717, 1.165) is 0 Å². The fourth-order valence-electron chi connectivity index (χ4n) is 2.01. The Morgan fingerprint density at radius 1 is 1.14 bits per heavy atom. The Kier molecular flexibility index (Phi) is 3.65. The molecule has 0 radical (unpaired) electrons. The third-order valence-electron chi connectivity index (χ3n) is 3.09. The maximum Gasteiger partial charge on any atom is 0.338 e. The van der Waals surface area contributed by atoms with Gasteiger partial charge in [0.1, 0.15) is 5.82 Å². The predicted octanol–water partition coefficient (Wildman–Crippen LogP) is 3.33. The molecular weight excluding hydrogens is 287 g/mol. The Morgan fingerprint density at radius 3 is 2.59 bits per heavy atom. The number of hydrogen-bond acceptors (Lipinski definition) is 5. The molecule has 0 aliphatic rings. The van der Waals surface area contributed by atoms with Gasteiger partial charge in [0.15, 0.2) is 0 Å². The molecule has 0 unspecified atom stereocenters. The fourth-order valence-corrected chi connectivity index (χ4v) is 2.01. The number of carbonyl (C=O) groups excluding carboxylic acids is 1. The van der Waals surface area contributed by atoms with E-state index in [1.165, 1.54) is 19.2 Å². The van der Waals surface area contributed by atoms with E-state index in [0.29, 0.717) is 22.5 Å². The molecule has 0 saturated carbocycles. The molecule has 0 spiro atoms. The Bertz CT molecular complexity index is 812. The molecule has 22 heavy (non-hydrogen) atoms. The molecule has 2 aromatic carbocycles. The average Bonchev–Trinajstić information content (AvgIpc) is 3.04. The maximum absolute atomic E-state index is 12.9. The number of aromatic nitrogens is 2. The van der Waals surface area contributed by atoms with E-state index in [1.54, 1.807) is 36.4 Å². The van der Waals surface area contributed by atoms with Gasteiger partial charge in [0, 0.05) is 5.56 Å². The molecule has 3 rings (SSSR count). The molecule has 0 amide bonds. The Morgan fingerprint density at radius 2 is 1.86 bits per heavy atom. The van der Waals surface area contributed by atoms with Crippen LogP contribution in [0, 0.1) is 5.82 Å². The summed E-state index contributed by atoms with van der Waals surface area (Å²) in [5.41, 5.74) is 1.43.